The summed E-state index contributed by atoms with van der Waals surface area (Å²) in [7, 11) is 0. The second kappa shape index (κ2) is 4.31. The van der Waals surface area contributed by atoms with Crippen LogP contribution in [0.25, 0.3) is 0 Å². The maximum absolute atomic E-state index is 9.92. The van der Waals surface area contributed by atoms with Crippen molar-refractivity contribution < 1.29 is 5.11 Å². The highest BCUT2D eigenvalue weighted by Gasteiger charge is 2.31. The molecule has 3 atom stereocenters. The van der Waals surface area contributed by atoms with Crippen LogP contribution in [0.4, 0.5) is 0 Å². The Balaban J connectivity index is 2.54. The van der Waals surface area contributed by atoms with Gasteiger partial charge in [-0.3, -0.25) is 0 Å². The summed E-state index contributed by atoms with van der Waals surface area (Å²) in [4.78, 5) is 0.653. The van der Waals surface area contributed by atoms with E-state index in [1.807, 2.05) is 13.8 Å². The molecule has 0 amide bonds. The van der Waals surface area contributed by atoms with E-state index in [0.29, 0.717) is 10.7 Å². The van der Waals surface area contributed by atoms with Crippen LogP contribution in [0.3, 0.4) is 0 Å². The van der Waals surface area contributed by atoms with Crippen molar-refractivity contribution in [1.29, 1.82) is 0 Å². The lowest BCUT2D eigenvalue weighted by Crippen LogP contribution is -2.30. The van der Waals surface area contributed by atoms with Crippen molar-refractivity contribution >= 4 is 15.9 Å². The average Bonchev–Trinajstić information content (AvgIpc) is 2.14. The maximum Gasteiger partial charge on any atom is 0.0619 e. The number of halogens is 1. The fourth-order valence-electron chi connectivity index (χ4n) is 2.14. The van der Waals surface area contributed by atoms with E-state index in [0.717, 1.165) is 12.3 Å². The van der Waals surface area contributed by atoms with Gasteiger partial charge in [0, 0.05) is 4.83 Å². The molecule has 0 aromatic carbocycles. The minimum Gasteiger partial charge on any atom is -0.390 e. The smallest absolute Gasteiger partial charge is 0.0619 e. The van der Waals surface area contributed by atoms with Gasteiger partial charge >= 0.3 is 0 Å². The van der Waals surface area contributed by atoms with E-state index >= 15 is 0 Å². The maximum atomic E-state index is 9.92. The lowest BCUT2D eigenvalue weighted by atomic mass is 9.85. The molecule has 0 bridgehead atoms. The predicted molar refractivity (Wildman–Crippen MR) is 60.1 cm³/mol. The van der Waals surface area contributed by atoms with Gasteiger partial charge in [-0.1, -0.05) is 22.9 Å². The van der Waals surface area contributed by atoms with Crippen LogP contribution in [0.1, 0.15) is 46.5 Å². The van der Waals surface area contributed by atoms with Gasteiger partial charge in [-0.2, -0.15) is 0 Å². The standard InChI is InChI=1S/C11H21BrO/c1-8-4-5-9(11(2,3)13)6-7-10(8)12/h8-10,13H,4-7H2,1-3H3. The van der Waals surface area contributed by atoms with E-state index in [9.17, 15) is 5.11 Å². The Bertz CT molecular complexity index is 150. The van der Waals surface area contributed by atoms with Gasteiger partial charge in [0.05, 0.1) is 5.60 Å². The van der Waals surface area contributed by atoms with E-state index in [-0.39, 0.29) is 0 Å². The zero-order chi connectivity index (χ0) is 10.1. The van der Waals surface area contributed by atoms with Crippen LogP contribution in [0.15, 0.2) is 0 Å². The third-order valence-electron chi connectivity index (χ3n) is 3.38. The van der Waals surface area contributed by atoms with Gasteiger partial charge in [0.1, 0.15) is 0 Å². The predicted octanol–water partition coefficient (Wildman–Crippen LogP) is 3.35. The Morgan fingerprint density at radius 1 is 1.15 bits per heavy atom. The molecule has 0 aromatic heterocycles. The van der Waals surface area contributed by atoms with Gasteiger partial charge in [0.15, 0.2) is 0 Å². The van der Waals surface area contributed by atoms with Gasteiger partial charge in [0.2, 0.25) is 0 Å². The Morgan fingerprint density at radius 3 is 2.23 bits per heavy atom. The Labute approximate surface area is 90.0 Å². The molecule has 0 aliphatic heterocycles. The highest BCUT2D eigenvalue weighted by molar-refractivity contribution is 9.09. The SMILES string of the molecule is CC1CCC(C(C)(C)O)CCC1Br. The summed E-state index contributed by atoms with van der Waals surface area (Å²) in [5, 5.41) is 9.92. The van der Waals surface area contributed by atoms with Crippen LogP contribution in [0.2, 0.25) is 0 Å². The van der Waals surface area contributed by atoms with E-state index in [1.165, 1.54) is 19.3 Å². The van der Waals surface area contributed by atoms with Gasteiger partial charge in [-0.15, -0.1) is 0 Å². The van der Waals surface area contributed by atoms with Gasteiger partial charge < -0.3 is 5.11 Å². The Morgan fingerprint density at radius 2 is 1.69 bits per heavy atom. The van der Waals surface area contributed by atoms with Crippen molar-refractivity contribution in [2.45, 2.75) is 56.9 Å². The van der Waals surface area contributed by atoms with Crippen LogP contribution in [-0.2, 0) is 0 Å². The molecular formula is C11H21BrO. The highest BCUT2D eigenvalue weighted by Crippen LogP contribution is 2.36. The lowest BCUT2D eigenvalue weighted by Gasteiger charge is -2.28. The van der Waals surface area contributed by atoms with Crippen LogP contribution >= 0.6 is 15.9 Å². The molecule has 3 unspecified atom stereocenters. The normalized spacial score (nSPS) is 37.2. The van der Waals surface area contributed by atoms with Crippen LogP contribution in [-0.4, -0.2) is 15.5 Å². The molecule has 1 aliphatic rings. The third-order valence-corrected chi connectivity index (χ3v) is 4.74. The van der Waals surface area contributed by atoms with E-state index in [2.05, 4.69) is 22.9 Å². The quantitative estimate of drug-likeness (QED) is 0.558. The number of hydrogen-bond donors (Lipinski definition) is 1. The van der Waals surface area contributed by atoms with Crippen molar-refractivity contribution in [3.05, 3.63) is 0 Å². The molecule has 1 saturated carbocycles. The fraction of sp³-hybridized carbons (Fsp3) is 1.00. The van der Waals surface area contributed by atoms with E-state index < -0.39 is 5.60 Å². The molecule has 1 aliphatic carbocycles. The topological polar surface area (TPSA) is 20.2 Å². The van der Waals surface area contributed by atoms with Gasteiger partial charge in [-0.05, 0) is 51.4 Å². The number of alkyl halides is 1. The van der Waals surface area contributed by atoms with E-state index in [4.69, 9.17) is 0 Å². The molecule has 0 radical (unpaired) electrons. The first-order chi connectivity index (χ1) is 5.91. The highest BCUT2D eigenvalue weighted by atomic mass is 79.9. The van der Waals surface area contributed by atoms with Crippen molar-refractivity contribution in [2.75, 3.05) is 0 Å². The molecule has 78 valence electrons. The monoisotopic (exact) mass is 248 g/mol. The van der Waals surface area contributed by atoms with E-state index in [1.54, 1.807) is 0 Å². The molecule has 1 rings (SSSR count). The minimum absolute atomic E-state index is 0.484. The van der Waals surface area contributed by atoms with Gasteiger partial charge in [0.25, 0.3) is 0 Å². The summed E-state index contributed by atoms with van der Waals surface area (Å²) in [5.41, 5.74) is -0.489. The second-order valence-corrected chi connectivity index (χ2v) is 6.17. The summed E-state index contributed by atoms with van der Waals surface area (Å²) in [5.74, 6) is 1.24. The van der Waals surface area contributed by atoms with Gasteiger partial charge in [-0.25, -0.2) is 0 Å². The summed E-state index contributed by atoms with van der Waals surface area (Å²) in [6.45, 7) is 6.18. The first-order valence-electron chi connectivity index (χ1n) is 5.27. The van der Waals surface area contributed by atoms with Crippen molar-refractivity contribution in [3.8, 4) is 0 Å². The van der Waals surface area contributed by atoms with Crippen LogP contribution in [0, 0.1) is 11.8 Å². The molecule has 0 aromatic rings. The molecule has 1 N–H and O–H groups in total. The zero-order valence-corrected chi connectivity index (χ0v) is 10.5. The molecule has 2 heteroatoms. The van der Waals surface area contributed by atoms with Crippen molar-refractivity contribution in [2.24, 2.45) is 11.8 Å². The number of rotatable bonds is 1. The molecule has 13 heavy (non-hydrogen) atoms. The molecule has 0 heterocycles. The molecular weight excluding hydrogens is 228 g/mol. The third kappa shape index (κ3) is 3.25. The molecule has 0 spiro atoms. The fourth-order valence-corrected chi connectivity index (χ4v) is 2.67. The summed E-state index contributed by atoms with van der Waals surface area (Å²) in [6, 6.07) is 0. The molecule has 0 saturated heterocycles. The summed E-state index contributed by atoms with van der Waals surface area (Å²) < 4.78 is 0. The Hall–Kier alpha value is 0.440. The van der Waals surface area contributed by atoms with Crippen LogP contribution < -0.4 is 0 Å². The Kier molecular flexibility index (Phi) is 3.82. The second-order valence-electron chi connectivity index (χ2n) is 5.00. The lowest BCUT2D eigenvalue weighted by molar-refractivity contribution is 0.0101. The summed E-state index contributed by atoms with van der Waals surface area (Å²) in [6.07, 6.45) is 4.77. The largest absolute Gasteiger partial charge is 0.390 e. The molecule has 1 nitrogen and oxygen atoms in total. The van der Waals surface area contributed by atoms with Crippen molar-refractivity contribution in [3.63, 3.8) is 0 Å². The molecule has 1 fully saturated rings. The zero-order valence-electron chi connectivity index (χ0n) is 8.89. The first-order valence-corrected chi connectivity index (χ1v) is 6.19. The average molecular weight is 249 g/mol. The van der Waals surface area contributed by atoms with Crippen LogP contribution in [0.5, 0.6) is 0 Å². The number of hydrogen-bond acceptors (Lipinski definition) is 1. The first kappa shape index (κ1) is 11.5. The number of aliphatic hydroxyl groups is 1. The summed E-state index contributed by atoms with van der Waals surface area (Å²) >= 11 is 3.72. The minimum atomic E-state index is -0.489. The van der Waals surface area contributed by atoms with Crippen molar-refractivity contribution in [1.82, 2.24) is 0 Å².